The molecule has 1 aromatic carbocycles. The first-order chi connectivity index (χ1) is 8.76. The lowest BCUT2D eigenvalue weighted by atomic mass is 10.2. The number of thioether (sulfide) groups is 1. The molecule has 0 spiro atoms. The van der Waals surface area contributed by atoms with Crippen LogP contribution in [0.15, 0.2) is 24.3 Å². The van der Waals surface area contributed by atoms with Crippen molar-refractivity contribution in [3.05, 3.63) is 29.8 Å². The number of rotatable bonds is 9. The molecule has 0 heterocycles. The van der Waals surface area contributed by atoms with E-state index in [9.17, 15) is 0 Å². The summed E-state index contributed by atoms with van der Waals surface area (Å²) in [6.45, 7) is 8.26. The van der Waals surface area contributed by atoms with Gasteiger partial charge in [-0.2, -0.15) is 11.8 Å². The summed E-state index contributed by atoms with van der Waals surface area (Å²) in [5, 5.41) is 3.54. The minimum Gasteiger partial charge on any atom is -0.494 e. The third-order valence-corrected chi connectivity index (χ3v) is 3.74. The minimum atomic E-state index is 0.551. The Bertz CT molecular complexity index is 330. The largest absolute Gasteiger partial charge is 0.494 e. The van der Waals surface area contributed by atoms with Crippen molar-refractivity contribution in [1.29, 1.82) is 0 Å². The molecule has 2 nitrogen and oxygen atoms in total. The molecule has 0 bridgehead atoms. The molecule has 1 aromatic rings. The summed E-state index contributed by atoms with van der Waals surface area (Å²) in [4.78, 5) is 0. The Hall–Kier alpha value is -0.670. The smallest absolute Gasteiger partial charge is 0.119 e. The Balaban J connectivity index is 2.37. The van der Waals surface area contributed by atoms with E-state index in [1.807, 2.05) is 17.8 Å². The molecule has 1 unspecified atom stereocenters. The van der Waals surface area contributed by atoms with E-state index in [4.69, 9.17) is 4.74 Å². The van der Waals surface area contributed by atoms with Crippen LogP contribution >= 0.6 is 11.8 Å². The average Bonchev–Trinajstić information content (AvgIpc) is 2.41. The zero-order valence-electron chi connectivity index (χ0n) is 11.7. The number of ether oxygens (including phenoxy) is 1. The lowest BCUT2D eigenvalue weighted by Gasteiger charge is -2.13. The van der Waals surface area contributed by atoms with Crippen LogP contribution in [0.2, 0.25) is 0 Å². The highest BCUT2D eigenvalue weighted by Gasteiger charge is 2.02. The predicted molar refractivity (Wildman–Crippen MR) is 81.5 cm³/mol. The standard InChI is InChI=1S/C15H25NOS/c1-4-9-17-15-8-6-7-14(10-15)11-16-13(3)12-18-5-2/h6-8,10,13,16H,4-5,9,11-12H2,1-3H3. The quantitative estimate of drug-likeness (QED) is 0.737. The topological polar surface area (TPSA) is 21.3 Å². The fourth-order valence-corrected chi connectivity index (χ4v) is 2.32. The molecule has 0 aliphatic heterocycles. The van der Waals surface area contributed by atoms with Gasteiger partial charge in [0.15, 0.2) is 0 Å². The van der Waals surface area contributed by atoms with Crippen molar-refractivity contribution >= 4 is 11.8 Å². The predicted octanol–water partition coefficient (Wildman–Crippen LogP) is 3.71. The summed E-state index contributed by atoms with van der Waals surface area (Å²) in [5.41, 5.74) is 1.29. The molecule has 0 aromatic heterocycles. The Morgan fingerprint density at radius 3 is 2.89 bits per heavy atom. The summed E-state index contributed by atoms with van der Waals surface area (Å²) < 4.78 is 5.64. The molecule has 102 valence electrons. The van der Waals surface area contributed by atoms with Gasteiger partial charge in [-0.1, -0.05) is 26.0 Å². The van der Waals surface area contributed by atoms with Gasteiger partial charge in [0.05, 0.1) is 6.61 Å². The zero-order valence-corrected chi connectivity index (χ0v) is 12.6. The molecular formula is C15H25NOS. The number of nitrogens with one attached hydrogen (secondary N) is 1. The van der Waals surface area contributed by atoms with Gasteiger partial charge in [0.1, 0.15) is 5.75 Å². The van der Waals surface area contributed by atoms with Gasteiger partial charge < -0.3 is 10.1 Å². The maximum absolute atomic E-state index is 5.64. The maximum atomic E-state index is 5.64. The highest BCUT2D eigenvalue weighted by molar-refractivity contribution is 7.99. The Morgan fingerprint density at radius 1 is 1.33 bits per heavy atom. The van der Waals surface area contributed by atoms with Crippen LogP contribution < -0.4 is 10.1 Å². The van der Waals surface area contributed by atoms with E-state index < -0.39 is 0 Å². The second-order valence-electron chi connectivity index (χ2n) is 4.44. The fraction of sp³-hybridized carbons (Fsp3) is 0.600. The van der Waals surface area contributed by atoms with E-state index in [-0.39, 0.29) is 0 Å². The van der Waals surface area contributed by atoms with E-state index in [1.54, 1.807) is 0 Å². The zero-order chi connectivity index (χ0) is 13.2. The highest BCUT2D eigenvalue weighted by Crippen LogP contribution is 2.13. The average molecular weight is 267 g/mol. The van der Waals surface area contributed by atoms with E-state index in [0.717, 1.165) is 25.3 Å². The number of hydrogen-bond donors (Lipinski definition) is 1. The van der Waals surface area contributed by atoms with Gasteiger partial charge >= 0.3 is 0 Å². The van der Waals surface area contributed by atoms with Gasteiger partial charge in [0, 0.05) is 18.3 Å². The van der Waals surface area contributed by atoms with Crippen LogP contribution in [0.1, 0.15) is 32.8 Å². The lowest BCUT2D eigenvalue weighted by molar-refractivity contribution is 0.317. The minimum absolute atomic E-state index is 0.551. The molecule has 18 heavy (non-hydrogen) atoms. The van der Waals surface area contributed by atoms with Gasteiger partial charge in [0.25, 0.3) is 0 Å². The molecule has 0 saturated carbocycles. The molecule has 0 radical (unpaired) electrons. The number of hydrogen-bond acceptors (Lipinski definition) is 3. The molecule has 0 saturated heterocycles. The summed E-state index contributed by atoms with van der Waals surface area (Å²) in [7, 11) is 0. The van der Waals surface area contributed by atoms with E-state index in [0.29, 0.717) is 6.04 Å². The summed E-state index contributed by atoms with van der Waals surface area (Å²) in [6, 6.07) is 8.91. The van der Waals surface area contributed by atoms with Crippen molar-refractivity contribution < 1.29 is 4.74 Å². The molecule has 0 amide bonds. The second-order valence-corrected chi connectivity index (χ2v) is 5.76. The van der Waals surface area contributed by atoms with Gasteiger partial charge in [-0.25, -0.2) is 0 Å². The van der Waals surface area contributed by atoms with Crippen molar-refractivity contribution in [2.75, 3.05) is 18.1 Å². The first kappa shape index (κ1) is 15.4. The third-order valence-electron chi connectivity index (χ3n) is 2.60. The summed E-state index contributed by atoms with van der Waals surface area (Å²) >= 11 is 1.98. The summed E-state index contributed by atoms with van der Waals surface area (Å²) in [6.07, 6.45) is 1.05. The highest BCUT2D eigenvalue weighted by atomic mass is 32.2. The molecule has 0 aliphatic rings. The normalized spacial score (nSPS) is 12.4. The Labute approximate surface area is 116 Å². The molecule has 1 atom stereocenters. The third kappa shape index (κ3) is 6.31. The monoisotopic (exact) mass is 267 g/mol. The fourth-order valence-electron chi connectivity index (χ4n) is 1.61. The Morgan fingerprint density at radius 2 is 2.17 bits per heavy atom. The van der Waals surface area contributed by atoms with Crippen molar-refractivity contribution in [3.63, 3.8) is 0 Å². The van der Waals surface area contributed by atoms with Gasteiger partial charge in [0.2, 0.25) is 0 Å². The van der Waals surface area contributed by atoms with Crippen molar-refractivity contribution in [3.8, 4) is 5.75 Å². The second kappa shape index (κ2) is 9.29. The van der Waals surface area contributed by atoms with Crippen LogP contribution in [0.3, 0.4) is 0 Å². The first-order valence-corrected chi connectivity index (χ1v) is 7.94. The van der Waals surface area contributed by atoms with Crippen molar-refractivity contribution in [2.45, 2.75) is 39.8 Å². The van der Waals surface area contributed by atoms with Crippen LogP contribution in [0, 0.1) is 0 Å². The van der Waals surface area contributed by atoms with Crippen LogP contribution in [-0.4, -0.2) is 24.2 Å². The molecule has 3 heteroatoms. The molecular weight excluding hydrogens is 242 g/mol. The van der Waals surface area contributed by atoms with Gasteiger partial charge in [-0.05, 0) is 36.8 Å². The molecule has 1 N–H and O–H groups in total. The van der Waals surface area contributed by atoms with E-state index >= 15 is 0 Å². The van der Waals surface area contributed by atoms with Crippen LogP contribution in [0.25, 0.3) is 0 Å². The van der Waals surface area contributed by atoms with E-state index in [1.165, 1.54) is 17.1 Å². The van der Waals surface area contributed by atoms with Crippen LogP contribution in [-0.2, 0) is 6.54 Å². The Kier molecular flexibility index (Phi) is 7.94. The molecule has 0 fully saturated rings. The first-order valence-electron chi connectivity index (χ1n) is 6.79. The molecule has 0 aliphatic carbocycles. The van der Waals surface area contributed by atoms with E-state index in [2.05, 4.69) is 44.3 Å². The molecule has 1 rings (SSSR count). The number of benzene rings is 1. The van der Waals surface area contributed by atoms with Gasteiger partial charge in [-0.15, -0.1) is 0 Å². The maximum Gasteiger partial charge on any atom is 0.119 e. The summed E-state index contributed by atoms with van der Waals surface area (Å²) in [5.74, 6) is 3.33. The van der Waals surface area contributed by atoms with Crippen LogP contribution in [0.4, 0.5) is 0 Å². The van der Waals surface area contributed by atoms with Crippen molar-refractivity contribution in [2.24, 2.45) is 0 Å². The van der Waals surface area contributed by atoms with Crippen LogP contribution in [0.5, 0.6) is 5.75 Å². The SMILES string of the molecule is CCCOc1cccc(CNC(C)CSCC)c1. The lowest BCUT2D eigenvalue weighted by Crippen LogP contribution is -2.27. The van der Waals surface area contributed by atoms with Crippen molar-refractivity contribution in [1.82, 2.24) is 5.32 Å². The van der Waals surface area contributed by atoms with Gasteiger partial charge in [-0.3, -0.25) is 0 Å².